The molecule has 0 atom stereocenters. The van der Waals surface area contributed by atoms with Crippen molar-refractivity contribution < 1.29 is 9.15 Å². The molecule has 2 heterocycles. The van der Waals surface area contributed by atoms with E-state index < -0.39 is 0 Å². The minimum atomic E-state index is 0.680. The molecule has 3 nitrogen and oxygen atoms in total. The van der Waals surface area contributed by atoms with Crippen molar-refractivity contribution in [2.75, 3.05) is 32.8 Å². The Morgan fingerprint density at radius 2 is 1.69 bits per heavy atom. The van der Waals surface area contributed by atoms with Crippen LogP contribution < -0.4 is 0 Å². The largest absolute Gasteiger partial charge is 0.472 e. The van der Waals surface area contributed by atoms with Gasteiger partial charge in [-0.1, -0.05) is 0 Å². The third kappa shape index (κ3) is 4.92. The molecule has 1 aliphatic heterocycles. The minimum Gasteiger partial charge on any atom is -0.472 e. The molecule has 4 rings (SSSR count). The van der Waals surface area contributed by atoms with E-state index in [1.54, 1.807) is 0 Å². The van der Waals surface area contributed by atoms with Crippen molar-refractivity contribution in [1.29, 1.82) is 0 Å². The molecule has 0 radical (unpaired) electrons. The Hall–Kier alpha value is -0.800. The fraction of sp³-hybridized carbons (Fsp3) is 0.826. The van der Waals surface area contributed by atoms with Gasteiger partial charge >= 0.3 is 0 Å². The lowest BCUT2D eigenvalue weighted by Gasteiger charge is -2.45. The number of hydrogen-bond acceptors (Lipinski definition) is 3. The molecule has 146 valence electrons. The fourth-order valence-electron chi connectivity index (χ4n) is 5.64. The number of furan rings is 1. The smallest absolute Gasteiger partial charge is 0.0934 e. The van der Waals surface area contributed by atoms with E-state index in [0.717, 1.165) is 31.6 Å². The Kier molecular flexibility index (Phi) is 6.37. The quantitative estimate of drug-likeness (QED) is 0.618. The third-order valence-electron chi connectivity index (χ3n) is 7.54. The van der Waals surface area contributed by atoms with Crippen molar-refractivity contribution in [2.24, 2.45) is 17.3 Å². The van der Waals surface area contributed by atoms with E-state index in [2.05, 4.69) is 11.0 Å². The molecule has 0 N–H and O–H groups in total. The van der Waals surface area contributed by atoms with Gasteiger partial charge in [0.1, 0.15) is 0 Å². The average molecular weight is 360 g/mol. The van der Waals surface area contributed by atoms with Gasteiger partial charge in [-0.2, -0.15) is 0 Å². The van der Waals surface area contributed by atoms with Crippen LogP contribution in [-0.2, 0) is 11.2 Å². The lowest BCUT2D eigenvalue weighted by molar-refractivity contribution is 0.0281. The third-order valence-corrected chi connectivity index (χ3v) is 7.54. The Labute approximate surface area is 159 Å². The molecule has 0 aromatic carbocycles. The SMILES string of the molecule is c1cc(CC2CCC3(CCC(COCCN4CCCC4)CC3)CC2)co1. The summed E-state index contributed by atoms with van der Waals surface area (Å²) in [6.45, 7) is 5.67. The molecule has 3 aliphatic rings. The zero-order valence-corrected chi connectivity index (χ0v) is 16.5. The Morgan fingerprint density at radius 1 is 1.00 bits per heavy atom. The standard InChI is InChI=1S/C23H37NO2/c1-2-13-24(12-1)14-16-26-18-21-5-10-23(11-6-21)8-3-20(4-9-23)17-22-7-15-25-19-22/h7,15,19-21H,1-6,8-14,16-18H2. The molecule has 3 fully saturated rings. The second-order valence-corrected chi connectivity index (χ2v) is 9.35. The normalized spacial score (nSPS) is 33.1. The van der Waals surface area contributed by atoms with Crippen LogP contribution in [0.3, 0.4) is 0 Å². The van der Waals surface area contributed by atoms with Crippen LogP contribution in [0.1, 0.15) is 69.8 Å². The summed E-state index contributed by atoms with van der Waals surface area (Å²) in [6.07, 6.45) is 19.2. The summed E-state index contributed by atoms with van der Waals surface area (Å²) < 4.78 is 11.3. The number of nitrogens with zero attached hydrogens (tertiary/aromatic N) is 1. The summed E-state index contributed by atoms with van der Waals surface area (Å²) in [5.74, 6) is 1.70. The molecule has 2 aliphatic carbocycles. The van der Waals surface area contributed by atoms with E-state index in [9.17, 15) is 0 Å². The van der Waals surface area contributed by atoms with Gasteiger partial charge < -0.3 is 14.1 Å². The highest BCUT2D eigenvalue weighted by Gasteiger charge is 2.38. The predicted molar refractivity (Wildman–Crippen MR) is 105 cm³/mol. The maximum atomic E-state index is 6.04. The summed E-state index contributed by atoms with van der Waals surface area (Å²) in [7, 11) is 0. The lowest BCUT2D eigenvalue weighted by Crippen LogP contribution is -2.33. The number of ether oxygens (including phenoxy) is 1. The van der Waals surface area contributed by atoms with Gasteiger partial charge in [-0.25, -0.2) is 0 Å². The van der Waals surface area contributed by atoms with Crippen LogP contribution in [0, 0.1) is 17.3 Å². The summed E-state index contributed by atoms with van der Waals surface area (Å²) in [5, 5.41) is 0. The molecule has 0 unspecified atom stereocenters. The Bertz CT molecular complexity index is 502. The van der Waals surface area contributed by atoms with Crippen LogP contribution in [0.4, 0.5) is 0 Å². The van der Waals surface area contributed by atoms with Crippen LogP contribution in [0.15, 0.2) is 23.0 Å². The predicted octanol–water partition coefficient (Wildman–Crippen LogP) is 5.30. The van der Waals surface area contributed by atoms with Crippen molar-refractivity contribution >= 4 is 0 Å². The molecular formula is C23H37NO2. The van der Waals surface area contributed by atoms with Crippen molar-refractivity contribution in [1.82, 2.24) is 4.90 Å². The van der Waals surface area contributed by atoms with Gasteiger partial charge in [-0.3, -0.25) is 0 Å². The number of likely N-dealkylation sites (tertiary alicyclic amines) is 1. The van der Waals surface area contributed by atoms with E-state index in [0.29, 0.717) is 5.41 Å². The molecule has 2 saturated carbocycles. The van der Waals surface area contributed by atoms with Gasteiger partial charge in [-0.15, -0.1) is 0 Å². The zero-order chi connectivity index (χ0) is 17.7. The second-order valence-electron chi connectivity index (χ2n) is 9.35. The maximum Gasteiger partial charge on any atom is 0.0934 e. The second kappa shape index (κ2) is 8.93. The first-order valence-corrected chi connectivity index (χ1v) is 11.1. The van der Waals surface area contributed by atoms with Gasteiger partial charge in [0.25, 0.3) is 0 Å². The zero-order valence-electron chi connectivity index (χ0n) is 16.5. The number of rotatable bonds is 7. The highest BCUT2D eigenvalue weighted by molar-refractivity contribution is 5.07. The molecule has 1 aromatic rings. The summed E-state index contributed by atoms with van der Waals surface area (Å²) >= 11 is 0. The van der Waals surface area contributed by atoms with Gasteiger partial charge in [0.05, 0.1) is 19.1 Å². The van der Waals surface area contributed by atoms with Crippen molar-refractivity contribution in [3.63, 3.8) is 0 Å². The molecule has 1 saturated heterocycles. The average Bonchev–Trinajstić information content (AvgIpc) is 3.37. The van der Waals surface area contributed by atoms with Gasteiger partial charge in [0.2, 0.25) is 0 Å². The van der Waals surface area contributed by atoms with Gasteiger partial charge in [-0.05, 0) is 113 Å². The van der Waals surface area contributed by atoms with E-state index in [4.69, 9.17) is 9.15 Å². The van der Waals surface area contributed by atoms with Crippen molar-refractivity contribution in [2.45, 2.75) is 70.6 Å². The fourth-order valence-corrected chi connectivity index (χ4v) is 5.64. The monoisotopic (exact) mass is 359 g/mol. The van der Waals surface area contributed by atoms with Crippen molar-refractivity contribution in [3.05, 3.63) is 24.2 Å². The first kappa shape index (κ1) is 18.6. The van der Waals surface area contributed by atoms with E-state index in [-0.39, 0.29) is 0 Å². The summed E-state index contributed by atoms with van der Waals surface area (Å²) in [6, 6.07) is 2.14. The van der Waals surface area contributed by atoms with Crippen LogP contribution in [0.5, 0.6) is 0 Å². The van der Waals surface area contributed by atoms with Gasteiger partial charge in [0.15, 0.2) is 0 Å². The molecule has 0 bridgehead atoms. The molecule has 1 spiro atoms. The van der Waals surface area contributed by atoms with Gasteiger partial charge in [0, 0.05) is 13.2 Å². The van der Waals surface area contributed by atoms with E-state index in [1.165, 1.54) is 89.3 Å². The lowest BCUT2D eigenvalue weighted by atomic mass is 9.61. The molecule has 3 heteroatoms. The topological polar surface area (TPSA) is 25.6 Å². The van der Waals surface area contributed by atoms with Crippen LogP contribution in [-0.4, -0.2) is 37.7 Å². The molecular weight excluding hydrogens is 322 g/mol. The molecule has 26 heavy (non-hydrogen) atoms. The first-order chi connectivity index (χ1) is 12.8. The molecule has 0 amide bonds. The summed E-state index contributed by atoms with van der Waals surface area (Å²) in [4.78, 5) is 2.55. The number of hydrogen-bond donors (Lipinski definition) is 0. The highest BCUT2D eigenvalue weighted by Crippen LogP contribution is 2.50. The Balaban J connectivity index is 1.11. The van der Waals surface area contributed by atoms with Crippen LogP contribution in [0.25, 0.3) is 0 Å². The van der Waals surface area contributed by atoms with Crippen molar-refractivity contribution in [3.8, 4) is 0 Å². The first-order valence-electron chi connectivity index (χ1n) is 11.1. The molecule has 1 aromatic heterocycles. The van der Waals surface area contributed by atoms with Crippen LogP contribution >= 0.6 is 0 Å². The Morgan fingerprint density at radius 3 is 2.35 bits per heavy atom. The minimum absolute atomic E-state index is 0.680. The maximum absolute atomic E-state index is 6.04. The van der Waals surface area contributed by atoms with E-state index >= 15 is 0 Å². The highest BCUT2D eigenvalue weighted by atomic mass is 16.5. The summed E-state index contributed by atoms with van der Waals surface area (Å²) in [5.41, 5.74) is 2.07. The van der Waals surface area contributed by atoms with Crippen LogP contribution in [0.2, 0.25) is 0 Å². The van der Waals surface area contributed by atoms with E-state index in [1.807, 2.05) is 12.5 Å².